The number of nitrogens with one attached hydrogen (secondary N) is 1. The van der Waals surface area contributed by atoms with Gasteiger partial charge >= 0.3 is 0 Å². The quantitative estimate of drug-likeness (QED) is 0.422. The van der Waals surface area contributed by atoms with E-state index in [0.717, 1.165) is 10.5 Å². The minimum Gasteiger partial charge on any atom is -0.493 e. The Kier molecular flexibility index (Phi) is 7.38. The maximum absolute atomic E-state index is 12.9. The van der Waals surface area contributed by atoms with Crippen LogP contribution in [0.2, 0.25) is 0 Å². The second-order valence-electron chi connectivity index (χ2n) is 6.01. The molecule has 1 atom stereocenters. The average molecular weight is 394 g/mol. The number of methoxy groups -OCH3 is 1. The first kappa shape index (κ1) is 19.8. The molecule has 0 saturated heterocycles. The summed E-state index contributed by atoms with van der Waals surface area (Å²) in [6.07, 6.45) is 0. The first-order valence-electron chi connectivity index (χ1n) is 9.08. The standard InChI is InChI=1S/C23H23NO3S/c1-26-20-14-8-9-15-21(20)27-17-16-24-23(25)22(18-10-4-2-5-11-18)28-19-12-6-3-7-13-19/h2-15,22H,16-17H2,1H3,(H,24,25). The molecule has 3 aromatic carbocycles. The molecule has 0 heterocycles. The molecule has 0 aliphatic heterocycles. The van der Waals surface area contributed by atoms with Crippen LogP contribution in [-0.2, 0) is 4.79 Å². The van der Waals surface area contributed by atoms with Gasteiger partial charge in [0.25, 0.3) is 0 Å². The molecule has 28 heavy (non-hydrogen) atoms. The monoisotopic (exact) mass is 393 g/mol. The van der Waals surface area contributed by atoms with Gasteiger partial charge in [-0.15, -0.1) is 11.8 Å². The zero-order valence-corrected chi connectivity index (χ0v) is 16.5. The average Bonchev–Trinajstić information content (AvgIpc) is 2.76. The fourth-order valence-corrected chi connectivity index (χ4v) is 3.77. The van der Waals surface area contributed by atoms with Crippen molar-refractivity contribution < 1.29 is 14.3 Å². The minimum absolute atomic E-state index is 0.0383. The SMILES string of the molecule is COc1ccccc1OCCNC(=O)C(Sc1ccccc1)c1ccccc1. The Balaban J connectivity index is 1.60. The normalized spacial score (nSPS) is 11.5. The smallest absolute Gasteiger partial charge is 0.238 e. The maximum Gasteiger partial charge on any atom is 0.238 e. The Hall–Kier alpha value is -2.92. The number of thioether (sulfide) groups is 1. The molecule has 1 amide bonds. The van der Waals surface area contributed by atoms with Gasteiger partial charge in [-0.3, -0.25) is 4.79 Å². The summed E-state index contributed by atoms with van der Waals surface area (Å²) in [6, 6.07) is 27.2. The Morgan fingerprint density at radius 3 is 2.18 bits per heavy atom. The van der Waals surface area contributed by atoms with Crippen molar-refractivity contribution in [2.24, 2.45) is 0 Å². The number of ether oxygens (including phenoxy) is 2. The predicted octanol–water partition coefficient (Wildman–Crippen LogP) is 4.72. The molecule has 0 radical (unpaired) electrons. The molecule has 0 aromatic heterocycles. The molecule has 0 bridgehead atoms. The third-order valence-electron chi connectivity index (χ3n) is 4.07. The van der Waals surface area contributed by atoms with Gasteiger partial charge in [-0.25, -0.2) is 0 Å². The Morgan fingerprint density at radius 1 is 0.893 bits per heavy atom. The number of rotatable bonds is 9. The van der Waals surface area contributed by atoms with E-state index in [1.807, 2.05) is 84.9 Å². The van der Waals surface area contributed by atoms with Gasteiger partial charge in [0.05, 0.1) is 13.7 Å². The van der Waals surface area contributed by atoms with E-state index in [2.05, 4.69) is 5.32 Å². The molecule has 4 nitrogen and oxygen atoms in total. The van der Waals surface area contributed by atoms with Crippen LogP contribution in [0.4, 0.5) is 0 Å². The summed E-state index contributed by atoms with van der Waals surface area (Å²) in [6.45, 7) is 0.777. The largest absolute Gasteiger partial charge is 0.493 e. The summed E-state index contributed by atoms with van der Waals surface area (Å²) in [7, 11) is 1.61. The van der Waals surface area contributed by atoms with Crippen molar-refractivity contribution in [3.05, 3.63) is 90.5 Å². The van der Waals surface area contributed by atoms with Crippen molar-refractivity contribution in [3.63, 3.8) is 0 Å². The highest BCUT2D eigenvalue weighted by molar-refractivity contribution is 8.00. The summed E-state index contributed by atoms with van der Waals surface area (Å²) in [5, 5.41) is 2.66. The zero-order valence-electron chi connectivity index (χ0n) is 15.7. The Labute approximate surface area is 169 Å². The number of hydrogen-bond donors (Lipinski definition) is 1. The zero-order chi connectivity index (χ0) is 19.6. The van der Waals surface area contributed by atoms with Gasteiger partial charge in [-0.2, -0.15) is 0 Å². The van der Waals surface area contributed by atoms with Crippen LogP contribution in [0.15, 0.2) is 89.8 Å². The Bertz CT molecular complexity index is 871. The topological polar surface area (TPSA) is 47.6 Å². The van der Waals surface area contributed by atoms with E-state index < -0.39 is 0 Å². The first-order chi connectivity index (χ1) is 13.8. The number of benzene rings is 3. The lowest BCUT2D eigenvalue weighted by Crippen LogP contribution is -2.31. The summed E-state index contributed by atoms with van der Waals surface area (Å²) in [5.41, 5.74) is 0.972. The van der Waals surface area contributed by atoms with E-state index in [9.17, 15) is 4.79 Å². The van der Waals surface area contributed by atoms with Gasteiger partial charge in [0.1, 0.15) is 11.9 Å². The molecule has 0 spiro atoms. The van der Waals surface area contributed by atoms with Crippen molar-refractivity contribution in [1.29, 1.82) is 0 Å². The number of para-hydroxylation sites is 2. The molecular weight excluding hydrogens is 370 g/mol. The van der Waals surface area contributed by atoms with Crippen molar-refractivity contribution in [1.82, 2.24) is 5.32 Å². The van der Waals surface area contributed by atoms with Gasteiger partial charge in [0.2, 0.25) is 5.91 Å². The van der Waals surface area contributed by atoms with Crippen LogP contribution in [0.3, 0.4) is 0 Å². The number of hydrogen-bond acceptors (Lipinski definition) is 4. The molecule has 1 N–H and O–H groups in total. The van der Waals surface area contributed by atoms with E-state index in [0.29, 0.717) is 24.7 Å². The lowest BCUT2D eigenvalue weighted by atomic mass is 10.1. The molecule has 0 saturated carbocycles. The van der Waals surface area contributed by atoms with Crippen LogP contribution >= 0.6 is 11.8 Å². The van der Waals surface area contributed by atoms with Crippen LogP contribution in [0.25, 0.3) is 0 Å². The van der Waals surface area contributed by atoms with E-state index in [-0.39, 0.29) is 11.2 Å². The summed E-state index contributed by atoms with van der Waals surface area (Å²) in [4.78, 5) is 13.9. The highest BCUT2D eigenvalue weighted by Crippen LogP contribution is 2.35. The summed E-state index contributed by atoms with van der Waals surface area (Å²) < 4.78 is 11.0. The first-order valence-corrected chi connectivity index (χ1v) is 9.96. The minimum atomic E-state index is -0.324. The lowest BCUT2D eigenvalue weighted by molar-refractivity contribution is -0.120. The van der Waals surface area contributed by atoms with Gasteiger partial charge < -0.3 is 14.8 Å². The van der Waals surface area contributed by atoms with E-state index >= 15 is 0 Å². The lowest BCUT2D eigenvalue weighted by Gasteiger charge is -2.17. The van der Waals surface area contributed by atoms with Crippen LogP contribution < -0.4 is 14.8 Å². The van der Waals surface area contributed by atoms with Crippen LogP contribution in [0, 0.1) is 0 Å². The third-order valence-corrected chi connectivity index (χ3v) is 5.33. The second-order valence-corrected chi connectivity index (χ2v) is 7.19. The predicted molar refractivity (Wildman–Crippen MR) is 113 cm³/mol. The Morgan fingerprint density at radius 2 is 1.50 bits per heavy atom. The second kappa shape index (κ2) is 10.4. The van der Waals surface area contributed by atoms with Crippen LogP contribution in [-0.4, -0.2) is 26.2 Å². The number of amides is 1. The van der Waals surface area contributed by atoms with Gasteiger partial charge in [0, 0.05) is 4.90 Å². The van der Waals surface area contributed by atoms with Crippen molar-refractivity contribution in [3.8, 4) is 11.5 Å². The highest BCUT2D eigenvalue weighted by Gasteiger charge is 2.21. The van der Waals surface area contributed by atoms with Gasteiger partial charge in [0.15, 0.2) is 11.5 Å². The molecule has 1 unspecified atom stereocenters. The molecule has 144 valence electrons. The molecule has 0 fully saturated rings. The van der Waals surface area contributed by atoms with Gasteiger partial charge in [-0.05, 0) is 29.8 Å². The number of carbonyl (C=O) groups excluding carboxylic acids is 1. The molecule has 3 aromatic rings. The van der Waals surface area contributed by atoms with Gasteiger partial charge in [-0.1, -0.05) is 60.7 Å². The molecule has 5 heteroatoms. The molecular formula is C23H23NO3S. The summed E-state index contributed by atoms with van der Waals surface area (Å²) >= 11 is 1.54. The van der Waals surface area contributed by atoms with E-state index in [1.54, 1.807) is 7.11 Å². The molecule has 0 aliphatic rings. The maximum atomic E-state index is 12.9. The van der Waals surface area contributed by atoms with Crippen molar-refractivity contribution in [2.75, 3.05) is 20.3 Å². The third kappa shape index (κ3) is 5.54. The van der Waals surface area contributed by atoms with Crippen molar-refractivity contribution >= 4 is 17.7 Å². The fraction of sp³-hybridized carbons (Fsp3) is 0.174. The van der Waals surface area contributed by atoms with Crippen LogP contribution in [0.1, 0.15) is 10.8 Å². The van der Waals surface area contributed by atoms with E-state index in [4.69, 9.17) is 9.47 Å². The van der Waals surface area contributed by atoms with E-state index in [1.165, 1.54) is 11.8 Å². The fourth-order valence-electron chi connectivity index (χ4n) is 2.70. The molecule has 3 rings (SSSR count). The van der Waals surface area contributed by atoms with Crippen LogP contribution in [0.5, 0.6) is 11.5 Å². The number of carbonyl (C=O) groups is 1. The highest BCUT2D eigenvalue weighted by atomic mass is 32.2. The van der Waals surface area contributed by atoms with Crippen molar-refractivity contribution in [2.45, 2.75) is 10.1 Å². The molecule has 0 aliphatic carbocycles. The summed E-state index contributed by atoms with van der Waals surface area (Å²) in [5.74, 6) is 1.30.